The van der Waals surface area contributed by atoms with Gasteiger partial charge in [-0.15, -0.1) is 5.10 Å². The van der Waals surface area contributed by atoms with Crippen molar-refractivity contribution in [3.05, 3.63) is 89.5 Å². The van der Waals surface area contributed by atoms with Crippen LogP contribution in [0.2, 0.25) is 0 Å². The molecule has 0 fully saturated rings. The molecule has 0 unspecified atom stereocenters. The van der Waals surface area contributed by atoms with Crippen molar-refractivity contribution in [3.8, 4) is 5.75 Å². The van der Waals surface area contributed by atoms with E-state index in [1.54, 1.807) is 41.1 Å². The second kappa shape index (κ2) is 9.21. The SMILES string of the molecule is CCOc1ccc(C(=O)COC(=O)c2ccc(Cn3nnc4ccccc43)cc2)cc1. The van der Waals surface area contributed by atoms with Crippen LogP contribution in [0.4, 0.5) is 0 Å². The van der Waals surface area contributed by atoms with Gasteiger partial charge in [0, 0.05) is 5.56 Å². The third-order valence-electron chi connectivity index (χ3n) is 4.76. The van der Waals surface area contributed by atoms with Crippen LogP contribution in [0.5, 0.6) is 5.75 Å². The maximum atomic E-state index is 12.3. The van der Waals surface area contributed by atoms with Gasteiger partial charge in [-0.1, -0.05) is 29.5 Å². The Bertz CT molecular complexity index is 1200. The number of Topliss-reactive ketones (excluding diaryl/α,β-unsaturated/α-hetero) is 1. The van der Waals surface area contributed by atoms with E-state index in [2.05, 4.69) is 10.3 Å². The summed E-state index contributed by atoms with van der Waals surface area (Å²) in [6, 6.07) is 21.5. The van der Waals surface area contributed by atoms with Crippen LogP contribution in [0.25, 0.3) is 11.0 Å². The maximum absolute atomic E-state index is 12.3. The van der Waals surface area contributed by atoms with Crippen molar-refractivity contribution in [2.24, 2.45) is 0 Å². The number of ether oxygens (including phenoxy) is 2. The van der Waals surface area contributed by atoms with Crippen LogP contribution in [-0.2, 0) is 11.3 Å². The van der Waals surface area contributed by atoms with Crippen LogP contribution in [0.3, 0.4) is 0 Å². The molecule has 0 amide bonds. The third kappa shape index (κ3) is 4.78. The Morgan fingerprint density at radius 3 is 2.35 bits per heavy atom. The van der Waals surface area contributed by atoms with Crippen molar-refractivity contribution in [3.63, 3.8) is 0 Å². The molecule has 0 aliphatic rings. The second-order valence-electron chi connectivity index (χ2n) is 6.89. The number of carbonyl (C=O) groups excluding carboxylic acids is 2. The van der Waals surface area contributed by atoms with Gasteiger partial charge in [-0.05, 0) is 61.0 Å². The predicted octanol–water partition coefficient (Wildman–Crippen LogP) is 3.92. The number of rotatable bonds is 8. The highest BCUT2D eigenvalue weighted by Gasteiger charge is 2.12. The fourth-order valence-corrected chi connectivity index (χ4v) is 3.15. The van der Waals surface area contributed by atoms with E-state index in [1.807, 2.05) is 43.3 Å². The summed E-state index contributed by atoms with van der Waals surface area (Å²) in [5.74, 6) is -0.127. The Hall–Kier alpha value is -4.00. The third-order valence-corrected chi connectivity index (χ3v) is 4.76. The molecule has 0 N–H and O–H groups in total. The first-order valence-corrected chi connectivity index (χ1v) is 9.94. The molecule has 3 aromatic carbocycles. The van der Waals surface area contributed by atoms with Crippen LogP contribution >= 0.6 is 0 Å². The van der Waals surface area contributed by atoms with E-state index in [4.69, 9.17) is 9.47 Å². The number of ketones is 1. The Labute approximate surface area is 179 Å². The first-order valence-electron chi connectivity index (χ1n) is 9.94. The lowest BCUT2D eigenvalue weighted by atomic mass is 10.1. The van der Waals surface area contributed by atoms with Crippen molar-refractivity contribution >= 4 is 22.8 Å². The molecule has 1 aromatic heterocycles. The summed E-state index contributed by atoms with van der Waals surface area (Å²) < 4.78 is 12.3. The molecule has 0 spiro atoms. The molecule has 0 radical (unpaired) electrons. The van der Waals surface area contributed by atoms with Gasteiger partial charge in [0.1, 0.15) is 11.3 Å². The molecule has 31 heavy (non-hydrogen) atoms. The summed E-state index contributed by atoms with van der Waals surface area (Å²) in [4.78, 5) is 24.6. The summed E-state index contributed by atoms with van der Waals surface area (Å²) in [6.07, 6.45) is 0. The summed E-state index contributed by atoms with van der Waals surface area (Å²) in [7, 11) is 0. The molecular weight excluding hydrogens is 394 g/mol. The van der Waals surface area contributed by atoms with Crippen molar-refractivity contribution in [2.75, 3.05) is 13.2 Å². The van der Waals surface area contributed by atoms with Crippen LogP contribution < -0.4 is 4.74 Å². The highest BCUT2D eigenvalue weighted by Crippen LogP contribution is 2.15. The molecule has 7 heteroatoms. The van der Waals surface area contributed by atoms with E-state index in [0.717, 1.165) is 16.6 Å². The number of hydrogen-bond donors (Lipinski definition) is 0. The maximum Gasteiger partial charge on any atom is 0.338 e. The minimum absolute atomic E-state index is 0.272. The van der Waals surface area contributed by atoms with Crippen molar-refractivity contribution < 1.29 is 19.1 Å². The minimum atomic E-state index is -0.544. The Kier molecular flexibility index (Phi) is 6.03. The van der Waals surface area contributed by atoms with Gasteiger partial charge in [0.25, 0.3) is 0 Å². The fraction of sp³-hybridized carbons (Fsp3) is 0.167. The van der Waals surface area contributed by atoms with Gasteiger partial charge in [-0.3, -0.25) is 4.79 Å². The Balaban J connectivity index is 1.34. The molecule has 0 bridgehead atoms. The number of aromatic nitrogens is 3. The van der Waals surface area contributed by atoms with Crippen molar-refractivity contribution in [2.45, 2.75) is 13.5 Å². The highest BCUT2D eigenvalue weighted by atomic mass is 16.5. The lowest BCUT2D eigenvalue weighted by Crippen LogP contribution is -2.14. The topological polar surface area (TPSA) is 83.3 Å². The van der Waals surface area contributed by atoms with E-state index >= 15 is 0 Å². The first kappa shape index (κ1) is 20.3. The molecule has 4 rings (SSSR count). The van der Waals surface area contributed by atoms with Gasteiger partial charge in [-0.25, -0.2) is 9.48 Å². The van der Waals surface area contributed by atoms with Gasteiger partial charge in [0.15, 0.2) is 12.4 Å². The number of carbonyl (C=O) groups is 2. The molecule has 4 aromatic rings. The van der Waals surface area contributed by atoms with Crippen LogP contribution in [0.1, 0.15) is 33.2 Å². The number of benzene rings is 3. The standard InChI is InChI=1S/C24H21N3O4/c1-2-30-20-13-11-18(12-14-20)23(28)16-31-24(29)19-9-7-17(8-10-19)15-27-22-6-4-3-5-21(22)25-26-27/h3-14H,2,15-16H2,1H3. The van der Waals surface area contributed by atoms with Crippen LogP contribution in [-0.4, -0.2) is 40.0 Å². The number of fused-ring (bicyclic) bond motifs is 1. The lowest BCUT2D eigenvalue weighted by molar-refractivity contribution is 0.0474. The van der Waals surface area contributed by atoms with E-state index in [-0.39, 0.29) is 12.4 Å². The lowest BCUT2D eigenvalue weighted by Gasteiger charge is -2.07. The summed E-state index contributed by atoms with van der Waals surface area (Å²) in [5.41, 5.74) is 3.59. The van der Waals surface area contributed by atoms with Gasteiger partial charge < -0.3 is 9.47 Å². The molecule has 1 heterocycles. The zero-order chi connectivity index (χ0) is 21.6. The number of nitrogens with zero attached hydrogens (tertiary/aromatic N) is 3. The molecule has 156 valence electrons. The minimum Gasteiger partial charge on any atom is -0.494 e. The van der Waals surface area contributed by atoms with Crippen LogP contribution in [0, 0.1) is 0 Å². The Morgan fingerprint density at radius 2 is 1.61 bits per heavy atom. The smallest absolute Gasteiger partial charge is 0.338 e. The number of hydrogen-bond acceptors (Lipinski definition) is 6. The van der Waals surface area contributed by atoms with Crippen LogP contribution in [0.15, 0.2) is 72.8 Å². The normalized spacial score (nSPS) is 10.7. The zero-order valence-corrected chi connectivity index (χ0v) is 17.0. The largest absolute Gasteiger partial charge is 0.494 e. The van der Waals surface area contributed by atoms with Crippen molar-refractivity contribution in [1.82, 2.24) is 15.0 Å². The number of esters is 1. The molecule has 0 saturated carbocycles. The monoisotopic (exact) mass is 415 g/mol. The quantitative estimate of drug-likeness (QED) is 0.320. The molecule has 0 aliphatic carbocycles. The average molecular weight is 415 g/mol. The summed E-state index contributed by atoms with van der Waals surface area (Å²) in [5, 5.41) is 8.31. The first-order chi connectivity index (χ1) is 15.1. The highest BCUT2D eigenvalue weighted by molar-refractivity contribution is 5.99. The molecule has 0 atom stereocenters. The fourth-order valence-electron chi connectivity index (χ4n) is 3.15. The van der Waals surface area contributed by atoms with Gasteiger partial charge >= 0.3 is 5.97 Å². The molecule has 0 saturated heterocycles. The molecule has 0 aliphatic heterocycles. The Morgan fingerprint density at radius 1 is 0.903 bits per heavy atom. The molecular formula is C24H21N3O4. The number of para-hydroxylation sites is 1. The zero-order valence-electron chi connectivity index (χ0n) is 17.0. The van der Waals surface area contributed by atoms with Gasteiger partial charge in [0.2, 0.25) is 0 Å². The van der Waals surface area contributed by atoms with Gasteiger partial charge in [-0.2, -0.15) is 0 Å². The van der Waals surface area contributed by atoms with E-state index < -0.39 is 5.97 Å². The predicted molar refractivity (Wildman–Crippen MR) is 115 cm³/mol. The van der Waals surface area contributed by atoms with Gasteiger partial charge in [0.05, 0.1) is 24.2 Å². The van der Waals surface area contributed by atoms with Crippen molar-refractivity contribution in [1.29, 1.82) is 0 Å². The van der Waals surface area contributed by atoms with E-state index in [9.17, 15) is 9.59 Å². The van der Waals surface area contributed by atoms with E-state index in [0.29, 0.717) is 30.0 Å². The van der Waals surface area contributed by atoms with E-state index in [1.165, 1.54) is 0 Å². The second-order valence-corrected chi connectivity index (χ2v) is 6.89. The average Bonchev–Trinajstić information content (AvgIpc) is 3.21. The molecule has 7 nitrogen and oxygen atoms in total. The summed E-state index contributed by atoms with van der Waals surface area (Å²) >= 11 is 0. The summed E-state index contributed by atoms with van der Waals surface area (Å²) in [6.45, 7) is 2.66.